The van der Waals surface area contributed by atoms with Crippen LogP contribution in [0.3, 0.4) is 0 Å². The first-order valence-electron chi connectivity index (χ1n) is 5.89. The summed E-state index contributed by atoms with van der Waals surface area (Å²) in [4.78, 5) is 0.0694. The largest absolute Gasteiger partial charge is 0.394 e. The smallest absolute Gasteiger partial charge is 0.243 e. The summed E-state index contributed by atoms with van der Waals surface area (Å²) >= 11 is 5.76. The Morgan fingerprint density at radius 3 is 2.65 bits per heavy atom. The standard InChI is InChI=1S/C12H14ClN3O3S/c13-11-3-1-10(2-4-11)7-15-20(18,19)12-8-14-16(9-12)5-6-17/h1-4,8-9,15,17H,5-7H2. The summed E-state index contributed by atoms with van der Waals surface area (Å²) in [6.07, 6.45) is 2.63. The van der Waals surface area contributed by atoms with Crippen molar-refractivity contribution in [3.8, 4) is 0 Å². The van der Waals surface area contributed by atoms with Crippen LogP contribution in [-0.4, -0.2) is 29.9 Å². The number of aliphatic hydroxyl groups excluding tert-OH is 1. The molecular weight excluding hydrogens is 302 g/mol. The molecule has 1 aromatic carbocycles. The first-order chi connectivity index (χ1) is 9.51. The van der Waals surface area contributed by atoms with Crippen LogP contribution >= 0.6 is 11.6 Å². The van der Waals surface area contributed by atoms with Gasteiger partial charge in [-0.3, -0.25) is 4.68 Å². The molecule has 6 nitrogen and oxygen atoms in total. The van der Waals surface area contributed by atoms with Gasteiger partial charge in [0.05, 0.1) is 19.3 Å². The summed E-state index contributed by atoms with van der Waals surface area (Å²) < 4.78 is 27.9. The molecule has 2 N–H and O–H groups in total. The lowest BCUT2D eigenvalue weighted by Crippen LogP contribution is -2.22. The molecule has 1 heterocycles. The molecule has 0 atom stereocenters. The Morgan fingerprint density at radius 1 is 1.30 bits per heavy atom. The zero-order valence-electron chi connectivity index (χ0n) is 10.5. The Labute approximate surface area is 122 Å². The van der Waals surface area contributed by atoms with E-state index < -0.39 is 10.0 Å². The predicted molar refractivity (Wildman–Crippen MR) is 74.8 cm³/mol. The van der Waals surface area contributed by atoms with E-state index in [1.807, 2.05) is 0 Å². The van der Waals surface area contributed by atoms with Gasteiger partial charge < -0.3 is 5.11 Å². The molecule has 8 heteroatoms. The zero-order chi connectivity index (χ0) is 14.6. The summed E-state index contributed by atoms with van der Waals surface area (Å²) in [7, 11) is -3.61. The number of rotatable bonds is 6. The second kappa shape index (κ2) is 6.36. The summed E-state index contributed by atoms with van der Waals surface area (Å²) in [5, 5.41) is 13.2. The van der Waals surface area contributed by atoms with Crippen molar-refractivity contribution in [2.75, 3.05) is 6.61 Å². The van der Waals surface area contributed by atoms with E-state index in [4.69, 9.17) is 16.7 Å². The third-order valence-electron chi connectivity index (χ3n) is 2.63. The average molecular weight is 316 g/mol. The molecule has 0 aliphatic rings. The lowest BCUT2D eigenvalue weighted by atomic mass is 10.2. The van der Waals surface area contributed by atoms with Gasteiger partial charge >= 0.3 is 0 Å². The fourth-order valence-electron chi connectivity index (χ4n) is 1.57. The van der Waals surface area contributed by atoms with Crippen molar-refractivity contribution in [3.63, 3.8) is 0 Å². The van der Waals surface area contributed by atoms with E-state index in [2.05, 4.69) is 9.82 Å². The van der Waals surface area contributed by atoms with Crippen LogP contribution in [0.4, 0.5) is 0 Å². The summed E-state index contributed by atoms with van der Waals surface area (Å²) in [5.41, 5.74) is 0.806. The van der Waals surface area contributed by atoms with Crippen LogP contribution in [0.15, 0.2) is 41.6 Å². The molecule has 0 saturated carbocycles. The fraction of sp³-hybridized carbons (Fsp3) is 0.250. The number of hydrogen-bond acceptors (Lipinski definition) is 4. The third-order valence-corrected chi connectivity index (χ3v) is 4.24. The van der Waals surface area contributed by atoms with Gasteiger partial charge in [0, 0.05) is 17.8 Å². The van der Waals surface area contributed by atoms with Crippen molar-refractivity contribution in [2.45, 2.75) is 18.0 Å². The van der Waals surface area contributed by atoms with Crippen LogP contribution in [0.5, 0.6) is 0 Å². The van der Waals surface area contributed by atoms with Crippen LogP contribution in [0.25, 0.3) is 0 Å². The molecule has 0 bridgehead atoms. The maximum atomic E-state index is 12.0. The Balaban J connectivity index is 2.04. The van der Waals surface area contributed by atoms with E-state index in [9.17, 15) is 8.42 Å². The number of aromatic nitrogens is 2. The van der Waals surface area contributed by atoms with Gasteiger partial charge in [0.25, 0.3) is 0 Å². The molecular formula is C12H14ClN3O3S. The number of hydrogen-bond donors (Lipinski definition) is 2. The third kappa shape index (κ3) is 3.80. The second-order valence-corrected chi connectivity index (χ2v) is 6.32. The van der Waals surface area contributed by atoms with Crippen LogP contribution < -0.4 is 4.72 Å². The maximum Gasteiger partial charge on any atom is 0.243 e. The Hall–Kier alpha value is -1.41. The fourth-order valence-corrected chi connectivity index (χ4v) is 2.67. The minimum absolute atomic E-state index is 0.0694. The first kappa shape index (κ1) is 15.0. The number of halogens is 1. The van der Waals surface area contributed by atoms with Crippen LogP contribution in [-0.2, 0) is 23.1 Å². The molecule has 2 rings (SSSR count). The highest BCUT2D eigenvalue weighted by Gasteiger charge is 2.16. The van der Waals surface area contributed by atoms with Gasteiger partial charge in [-0.25, -0.2) is 13.1 Å². The van der Waals surface area contributed by atoms with E-state index in [0.29, 0.717) is 5.02 Å². The summed E-state index contributed by atoms with van der Waals surface area (Å²) in [6, 6.07) is 6.90. The number of aliphatic hydroxyl groups is 1. The highest BCUT2D eigenvalue weighted by molar-refractivity contribution is 7.89. The zero-order valence-corrected chi connectivity index (χ0v) is 12.1. The van der Waals surface area contributed by atoms with Crippen molar-refractivity contribution in [1.82, 2.24) is 14.5 Å². The normalized spacial score (nSPS) is 11.7. The predicted octanol–water partition coefficient (Wildman–Crippen LogP) is 1.01. The van der Waals surface area contributed by atoms with E-state index >= 15 is 0 Å². The van der Waals surface area contributed by atoms with Crippen molar-refractivity contribution in [3.05, 3.63) is 47.2 Å². The van der Waals surface area contributed by atoms with Gasteiger partial charge in [-0.1, -0.05) is 23.7 Å². The monoisotopic (exact) mass is 315 g/mol. The maximum absolute atomic E-state index is 12.0. The van der Waals surface area contributed by atoms with Gasteiger partial charge in [0.2, 0.25) is 10.0 Å². The lowest BCUT2D eigenvalue weighted by Gasteiger charge is -2.05. The molecule has 20 heavy (non-hydrogen) atoms. The van der Waals surface area contributed by atoms with Crippen LogP contribution in [0, 0.1) is 0 Å². The van der Waals surface area contributed by atoms with Gasteiger partial charge in [-0.05, 0) is 17.7 Å². The molecule has 0 aliphatic carbocycles. The highest BCUT2D eigenvalue weighted by atomic mass is 35.5. The molecule has 1 aromatic heterocycles. The Kier molecular flexibility index (Phi) is 4.77. The number of sulfonamides is 1. The number of nitrogens with zero attached hydrogens (tertiary/aromatic N) is 2. The highest BCUT2D eigenvalue weighted by Crippen LogP contribution is 2.11. The lowest BCUT2D eigenvalue weighted by molar-refractivity contribution is 0.269. The number of nitrogens with one attached hydrogen (secondary N) is 1. The SMILES string of the molecule is O=S(=O)(NCc1ccc(Cl)cc1)c1cnn(CCO)c1. The van der Waals surface area contributed by atoms with Crippen molar-refractivity contribution in [2.24, 2.45) is 0 Å². The quantitative estimate of drug-likeness (QED) is 0.833. The summed E-state index contributed by atoms with van der Waals surface area (Å²) in [5.74, 6) is 0. The minimum Gasteiger partial charge on any atom is -0.394 e. The summed E-state index contributed by atoms with van der Waals surface area (Å²) in [6.45, 7) is 0.330. The molecule has 2 aromatic rings. The molecule has 0 unspecified atom stereocenters. The molecule has 0 saturated heterocycles. The topological polar surface area (TPSA) is 84.2 Å². The molecule has 0 aliphatic heterocycles. The van der Waals surface area contributed by atoms with Crippen molar-refractivity contribution >= 4 is 21.6 Å². The Morgan fingerprint density at radius 2 is 2.00 bits per heavy atom. The van der Waals surface area contributed by atoms with Crippen molar-refractivity contribution < 1.29 is 13.5 Å². The van der Waals surface area contributed by atoms with E-state index in [1.165, 1.54) is 17.1 Å². The second-order valence-electron chi connectivity index (χ2n) is 4.11. The minimum atomic E-state index is -3.61. The molecule has 0 spiro atoms. The van der Waals surface area contributed by atoms with Gasteiger partial charge in [0.1, 0.15) is 4.90 Å². The van der Waals surface area contributed by atoms with Gasteiger partial charge in [-0.2, -0.15) is 5.10 Å². The van der Waals surface area contributed by atoms with Crippen LogP contribution in [0.1, 0.15) is 5.56 Å². The van der Waals surface area contributed by atoms with E-state index in [1.54, 1.807) is 24.3 Å². The first-order valence-corrected chi connectivity index (χ1v) is 7.75. The van der Waals surface area contributed by atoms with E-state index in [0.717, 1.165) is 5.56 Å². The van der Waals surface area contributed by atoms with Crippen molar-refractivity contribution in [1.29, 1.82) is 0 Å². The molecule has 0 radical (unpaired) electrons. The average Bonchev–Trinajstić information content (AvgIpc) is 2.88. The molecule has 0 amide bonds. The van der Waals surface area contributed by atoms with Gasteiger partial charge in [0.15, 0.2) is 0 Å². The van der Waals surface area contributed by atoms with E-state index in [-0.39, 0.29) is 24.6 Å². The Bertz CT molecular complexity index is 668. The van der Waals surface area contributed by atoms with Gasteiger partial charge in [-0.15, -0.1) is 0 Å². The molecule has 0 fully saturated rings. The van der Waals surface area contributed by atoms with Crippen LogP contribution in [0.2, 0.25) is 5.02 Å². The number of benzene rings is 1. The molecule has 108 valence electrons.